The molecule has 1 fully saturated rings. The van der Waals surface area contributed by atoms with Crippen molar-refractivity contribution in [3.8, 4) is 6.07 Å². The summed E-state index contributed by atoms with van der Waals surface area (Å²) in [6.45, 7) is 1.18. The second-order valence-corrected chi connectivity index (χ2v) is 8.59. The van der Waals surface area contributed by atoms with E-state index in [0.29, 0.717) is 24.3 Å². The first-order chi connectivity index (χ1) is 15.5. The highest BCUT2D eigenvalue weighted by atomic mass is 16.4. The number of pyridine rings is 1. The van der Waals surface area contributed by atoms with Crippen LogP contribution in [0, 0.1) is 17.2 Å². The minimum Gasteiger partial charge on any atom is -0.480 e. The molecule has 3 heterocycles. The maximum Gasteiger partial charge on any atom is 0.317 e. The van der Waals surface area contributed by atoms with E-state index in [1.165, 1.54) is 0 Å². The molecule has 3 aromatic rings. The Kier molecular flexibility index (Phi) is 5.15. The number of rotatable bonds is 5. The molecule has 3 N–H and O–H groups in total. The number of carbonyl (C=O) groups is 1. The van der Waals surface area contributed by atoms with Crippen molar-refractivity contribution in [2.45, 2.75) is 44.8 Å². The fraction of sp³-hybridized carbons (Fsp3) is 0.391. The summed E-state index contributed by atoms with van der Waals surface area (Å²) < 4.78 is 1.85. The molecule has 9 nitrogen and oxygen atoms in total. The van der Waals surface area contributed by atoms with Crippen molar-refractivity contribution in [2.75, 3.05) is 11.9 Å². The topological polar surface area (TPSA) is 127 Å². The van der Waals surface area contributed by atoms with Gasteiger partial charge in [0.1, 0.15) is 5.39 Å². The number of anilines is 2. The summed E-state index contributed by atoms with van der Waals surface area (Å²) in [6, 6.07) is 10.1. The molecule has 2 aliphatic rings. The van der Waals surface area contributed by atoms with Gasteiger partial charge in [-0.3, -0.25) is 19.2 Å². The fourth-order valence-electron chi connectivity index (χ4n) is 4.98. The third-order valence-corrected chi connectivity index (χ3v) is 6.46. The van der Waals surface area contributed by atoms with E-state index in [1.54, 1.807) is 6.20 Å². The Morgan fingerprint density at radius 2 is 2.06 bits per heavy atom. The second-order valence-electron chi connectivity index (χ2n) is 8.59. The van der Waals surface area contributed by atoms with Gasteiger partial charge in [0, 0.05) is 25.0 Å². The summed E-state index contributed by atoms with van der Waals surface area (Å²) in [6.07, 6.45) is 5.39. The van der Waals surface area contributed by atoms with Crippen LogP contribution in [0.25, 0.3) is 10.9 Å². The minimum absolute atomic E-state index is 0.00328. The molecule has 2 atom stereocenters. The maximum atomic E-state index is 12.7. The molecule has 2 unspecified atom stereocenters. The highest BCUT2D eigenvalue weighted by molar-refractivity contribution is 5.91. The summed E-state index contributed by atoms with van der Waals surface area (Å²) in [5.74, 6) is -0.505. The standard InChI is InChI=1S/C23H24N6O3/c24-10-14-3-1-2-4-18(14)29-19-7-8-25-23(32)21(19)22(27-29)26-17-6-5-15-11-28(13-20(30)31)12-16(15)9-17/h5-9,14,18H,1-4,11-13H2,(H,25,32)(H,26,27)(H,30,31). The molecule has 0 radical (unpaired) electrons. The zero-order valence-electron chi connectivity index (χ0n) is 17.5. The number of carboxylic acid groups (broad SMARTS) is 1. The molecule has 0 amide bonds. The van der Waals surface area contributed by atoms with Gasteiger partial charge in [-0.05, 0) is 42.2 Å². The second kappa shape index (κ2) is 8.13. The number of hydrogen-bond donors (Lipinski definition) is 3. The molecule has 9 heteroatoms. The lowest BCUT2D eigenvalue weighted by molar-refractivity contribution is -0.138. The predicted octanol–water partition coefficient (Wildman–Crippen LogP) is 3.12. The first-order valence-electron chi connectivity index (χ1n) is 10.9. The number of nitrogens with one attached hydrogen (secondary N) is 2. The lowest BCUT2D eigenvalue weighted by Gasteiger charge is -2.27. The van der Waals surface area contributed by atoms with Crippen molar-refractivity contribution in [1.29, 1.82) is 5.26 Å². The van der Waals surface area contributed by atoms with Crippen molar-refractivity contribution in [3.63, 3.8) is 0 Å². The van der Waals surface area contributed by atoms with E-state index in [2.05, 4.69) is 16.4 Å². The van der Waals surface area contributed by atoms with Gasteiger partial charge in [-0.2, -0.15) is 10.4 Å². The number of nitrogens with zero attached hydrogens (tertiary/aromatic N) is 4. The number of nitriles is 1. The maximum absolute atomic E-state index is 12.7. The van der Waals surface area contributed by atoms with Crippen molar-refractivity contribution in [2.24, 2.45) is 5.92 Å². The fourth-order valence-corrected chi connectivity index (χ4v) is 4.98. The number of hydrogen-bond acceptors (Lipinski definition) is 6. The first-order valence-corrected chi connectivity index (χ1v) is 10.9. The highest BCUT2D eigenvalue weighted by Gasteiger charge is 2.30. The smallest absolute Gasteiger partial charge is 0.317 e. The van der Waals surface area contributed by atoms with Crippen LogP contribution in [0.15, 0.2) is 35.3 Å². The van der Waals surface area contributed by atoms with Crippen LogP contribution in [0.3, 0.4) is 0 Å². The van der Waals surface area contributed by atoms with Crippen LogP contribution in [0.1, 0.15) is 42.9 Å². The van der Waals surface area contributed by atoms with Gasteiger partial charge in [0.05, 0.1) is 30.1 Å². The van der Waals surface area contributed by atoms with Crippen LogP contribution >= 0.6 is 0 Å². The van der Waals surface area contributed by atoms with Crippen LogP contribution in [0.5, 0.6) is 0 Å². The molecule has 0 spiro atoms. The molecular weight excluding hydrogens is 408 g/mol. The van der Waals surface area contributed by atoms with Crippen LogP contribution in [-0.4, -0.2) is 37.3 Å². The lowest BCUT2D eigenvalue weighted by atomic mass is 9.85. The number of carboxylic acids is 1. The van der Waals surface area contributed by atoms with E-state index in [9.17, 15) is 14.9 Å². The summed E-state index contributed by atoms with van der Waals surface area (Å²) in [5.41, 5.74) is 3.44. The average Bonchev–Trinajstić information content (AvgIpc) is 3.34. The van der Waals surface area contributed by atoms with Crippen LogP contribution in [-0.2, 0) is 17.9 Å². The SMILES string of the molecule is N#CC1CCCCC1n1nc(Nc2ccc3c(c2)CN(CC(=O)O)C3)c2c(=O)[nH]ccc21. The summed E-state index contributed by atoms with van der Waals surface area (Å²) in [7, 11) is 0. The van der Waals surface area contributed by atoms with Crippen LogP contribution in [0.4, 0.5) is 11.5 Å². The Labute approximate surface area is 184 Å². The van der Waals surface area contributed by atoms with Gasteiger partial charge in [0.2, 0.25) is 0 Å². The Morgan fingerprint density at radius 3 is 2.88 bits per heavy atom. The van der Waals surface area contributed by atoms with E-state index < -0.39 is 5.97 Å². The Bertz CT molecular complexity index is 1290. The van der Waals surface area contributed by atoms with Crippen molar-refractivity contribution >= 4 is 28.4 Å². The van der Waals surface area contributed by atoms with Gasteiger partial charge < -0.3 is 15.4 Å². The van der Waals surface area contributed by atoms with Gasteiger partial charge >= 0.3 is 5.97 Å². The van der Waals surface area contributed by atoms with Crippen molar-refractivity contribution < 1.29 is 9.90 Å². The molecular formula is C23H24N6O3. The monoisotopic (exact) mass is 432 g/mol. The first kappa shape index (κ1) is 20.3. The molecule has 0 bridgehead atoms. The number of benzene rings is 1. The van der Waals surface area contributed by atoms with Crippen molar-refractivity contribution in [1.82, 2.24) is 19.7 Å². The lowest BCUT2D eigenvalue weighted by Crippen LogP contribution is -2.24. The van der Waals surface area contributed by atoms with Gasteiger partial charge in [-0.15, -0.1) is 0 Å². The number of fused-ring (bicyclic) bond motifs is 2. The molecule has 164 valence electrons. The Morgan fingerprint density at radius 1 is 1.25 bits per heavy atom. The molecule has 1 saturated carbocycles. The largest absolute Gasteiger partial charge is 0.480 e. The predicted molar refractivity (Wildman–Crippen MR) is 118 cm³/mol. The Balaban J connectivity index is 1.49. The highest BCUT2D eigenvalue weighted by Crippen LogP contribution is 2.37. The van der Waals surface area contributed by atoms with E-state index in [1.807, 2.05) is 33.8 Å². The average molecular weight is 432 g/mol. The minimum atomic E-state index is -0.842. The molecule has 0 saturated heterocycles. The summed E-state index contributed by atoms with van der Waals surface area (Å²) in [5, 5.41) is 27.2. The van der Waals surface area contributed by atoms with E-state index in [4.69, 9.17) is 10.2 Å². The van der Waals surface area contributed by atoms with Gasteiger partial charge in [-0.25, -0.2) is 0 Å². The number of aliphatic carboxylic acids is 1. The number of aromatic amines is 1. The zero-order chi connectivity index (χ0) is 22.2. The van der Waals surface area contributed by atoms with Crippen molar-refractivity contribution in [3.05, 3.63) is 51.9 Å². The summed E-state index contributed by atoms with van der Waals surface area (Å²) >= 11 is 0. The third kappa shape index (κ3) is 3.63. The van der Waals surface area contributed by atoms with Crippen LogP contribution < -0.4 is 10.9 Å². The van der Waals surface area contributed by atoms with Gasteiger partial charge in [0.15, 0.2) is 5.82 Å². The quantitative estimate of drug-likeness (QED) is 0.565. The summed E-state index contributed by atoms with van der Waals surface area (Å²) in [4.78, 5) is 28.3. The van der Waals surface area contributed by atoms with E-state index in [-0.39, 0.29) is 24.1 Å². The number of aromatic nitrogens is 3. The molecule has 1 aliphatic carbocycles. The van der Waals surface area contributed by atoms with E-state index >= 15 is 0 Å². The van der Waals surface area contributed by atoms with Gasteiger partial charge in [-0.1, -0.05) is 18.9 Å². The number of H-pyrrole nitrogens is 1. The molecule has 1 aliphatic heterocycles. The van der Waals surface area contributed by atoms with Crippen LogP contribution in [0.2, 0.25) is 0 Å². The Hall–Kier alpha value is -3.64. The molecule has 1 aromatic carbocycles. The molecule has 2 aromatic heterocycles. The molecule has 32 heavy (non-hydrogen) atoms. The van der Waals surface area contributed by atoms with E-state index in [0.717, 1.165) is 48.0 Å². The van der Waals surface area contributed by atoms with Gasteiger partial charge in [0.25, 0.3) is 5.56 Å². The zero-order valence-corrected chi connectivity index (χ0v) is 17.5. The third-order valence-electron chi connectivity index (χ3n) is 6.46. The normalized spacial score (nSPS) is 20.7. The molecule has 5 rings (SSSR count).